The van der Waals surface area contributed by atoms with Crippen LogP contribution in [0.5, 0.6) is 0 Å². The van der Waals surface area contributed by atoms with Crippen molar-refractivity contribution in [2.45, 2.75) is 23.8 Å². The van der Waals surface area contributed by atoms with Gasteiger partial charge in [0.05, 0.1) is 4.58 Å². The summed E-state index contributed by atoms with van der Waals surface area (Å²) in [5, 5.41) is 5.95. The maximum Gasteiger partial charge on any atom is 0.319 e. The van der Waals surface area contributed by atoms with E-state index in [9.17, 15) is 4.79 Å². The molecule has 1 atom stereocenters. The number of carbonyl (C=O) groups is 1. The van der Waals surface area contributed by atoms with Gasteiger partial charge in [0.25, 0.3) is 0 Å². The number of urea groups is 1. The Morgan fingerprint density at radius 1 is 1.23 bits per heavy atom. The zero-order chi connectivity index (χ0) is 15.2. The fraction of sp³-hybridized carbons (Fsp3) is 0.471. The molecule has 1 aromatic rings. The third kappa shape index (κ3) is 4.46. The summed E-state index contributed by atoms with van der Waals surface area (Å²) in [6.07, 6.45) is 7.82. The highest BCUT2D eigenvalue weighted by Gasteiger charge is 2.18. The number of hydrogen-bond donors (Lipinski definition) is 2. The van der Waals surface area contributed by atoms with Crippen molar-refractivity contribution in [3.8, 4) is 0 Å². The summed E-state index contributed by atoms with van der Waals surface area (Å²) in [7, 11) is 0. The summed E-state index contributed by atoms with van der Waals surface area (Å²) in [6.45, 7) is 0.754. The van der Waals surface area contributed by atoms with Gasteiger partial charge in [-0.25, -0.2) is 4.79 Å². The quantitative estimate of drug-likeness (QED) is 0.788. The van der Waals surface area contributed by atoms with E-state index in [0.29, 0.717) is 10.5 Å². The van der Waals surface area contributed by atoms with E-state index in [0.717, 1.165) is 25.1 Å². The monoisotopic (exact) mass is 334 g/mol. The highest BCUT2D eigenvalue weighted by Crippen LogP contribution is 2.45. The van der Waals surface area contributed by atoms with Crippen LogP contribution in [0.1, 0.15) is 29.4 Å². The van der Waals surface area contributed by atoms with Crippen molar-refractivity contribution >= 4 is 35.2 Å². The Morgan fingerprint density at radius 2 is 2.09 bits per heavy atom. The zero-order valence-electron chi connectivity index (χ0n) is 12.6. The van der Waals surface area contributed by atoms with Gasteiger partial charge in [-0.15, -0.1) is 23.5 Å². The Bertz CT molecular complexity index is 541. The molecule has 1 heterocycles. The van der Waals surface area contributed by atoms with Crippen LogP contribution in [0, 0.1) is 5.92 Å². The molecule has 22 heavy (non-hydrogen) atoms. The van der Waals surface area contributed by atoms with E-state index in [-0.39, 0.29) is 6.03 Å². The number of anilines is 1. The minimum absolute atomic E-state index is 0.0987. The van der Waals surface area contributed by atoms with Crippen molar-refractivity contribution in [3.63, 3.8) is 0 Å². The molecule has 2 N–H and O–H groups in total. The fourth-order valence-corrected chi connectivity index (χ4v) is 5.61. The number of carbonyl (C=O) groups excluding carboxylic acids is 1. The van der Waals surface area contributed by atoms with Crippen molar-refractivity contribution in [2.24, 2.45) is 5.92 Å². The molecule has 5 heteroatoms. The molecule has 0 saturated carbocycles. The van der Waals surface area contributed by atoms with E-state index in [1.807, 2.05) is 35.7 Å². The number of amides is 2. The summed E-state index contributed by atoms with van der Waals surface area (Å²) in [5.74, 6) is 3.00. The van der Waals surface area contributed by atoms with Gasteiger partial charge in [-0.1, -0.05) is 24.3 Å². The second kappa shape index (κ2) is 7.97. The minimum Gasteiger partial charge on any atom is -0.338 e. The molecule has 0 bridgehead atoms. The Hall–Kier alpha value is -1.07. The van der Waals surface area contributed by atoms with Crippen LogP contribution in [0.2, 0.25) is 0 Å². The average Bonchev–Trinajstić information content (AvgIpc) is 3.09. The lowest BCUT2D eigenvalue weighted by atomic mass is 9.94. The van der Waals surface area contributed by atoms with Gasteiger partial charge in [0, 0.05) is 23.7 Å². The molecule has 2 aliphatic rings. The third-order valence-electron chi connectivity index (χ3n) is 3.97. The molecule has 0 radical (unpaired) electrons. The Labute approximate surface area is 140 Å². The highest BCUT2D eigenvalue weighted by molar-refractivity contribution is 8.19. The van der Waals surface area contributed by atoms with Gasteiger partial charge in [-0.3, -0.25) is 0 Å². The first-order valence-electron chi connectivity index (χ1n) is 7.84. The summed E-state index contributed by atoms with van der Waals surface area (Å²) >= 11 is 3.96. The molecule has 3 rings (SSSR count). The lowest BCUT2D eigenvalue weighted by Gasteiger charge is -2.18. The van der Waals surface area contributed by atoms with Crippen molar-refractivity contribution in [2.75, 3.05) is 23.4 Å². The lowest BCUT2D eigenvalue weighted by Crippen LogP contribution is -2.33. The average molecular weight is 335 g/mol. The summed E-state index contributed by atoms with van der Waals surface area (Å²) < 4.78 is 0.513. The van der Waals surface area contributed by atoms with E-state index >= 15 is 0 Å². The molecule has 1 fully saturated rings. The largest absolute Gasteiger partial charge is 0.338 e. The molecule has 1 aliphatic carbocycles. The van der Waals surface area contributed by atoms with Gasteiger partial charge in [0.2, 0.25) is 0 Å². The molecular weight excluding hydrogens is 312 g/mol. The number of nitrogens with one attached hydrogen (secondary N) is 2. The molecule has 1 unspecified atom stereocenters. The normalized spacial score (nSPS) is 21.7. The number of thioether (sulfide) groups is 2. The van der Waals surface area contributed by atoms with Crippen LogP contribution in [0.15, 0.2) is 36.4 Å². The van der Waals surface area contributed by atoms with Crippen molar-refractivity contribution in [3.05, 3.63) is 42.0 Å². The standard InChI is InChI=1S/C17H22N2OS2/c20-17(18-12-13-5-2-1-3-6-13)19-15-8-4-7-14(11-15)16-21-9-10-22-16/h1-2,4,7-8,11,13,16H,3,5-6,9-10,12H2,(H2,18,19,20). The summed E-state index contributed by atoms with van der Waals surface area (Å²) in [4.78, 5) is 12.0. The molecule has 118 valence electrons. The van der Waals surface area contributed by atoms with Crippen molar-refractivity contribution in [1.29, 1.82) is 0 Å². The molecular formula is C17H22N2OS2. The van der Waals surface area contributed by atoms with Crippen LogP contribution in [-0.4, -0.2) is 24.1 Å². The molecule has 1 aromatic carbocycles. The molecule has 3 nitrogen and oxygen atoms in total. The summed E-state index contributed by atoms with van der Waals surface area (Å²) in [5.41, 5.74) is 2.18. The van der Waals surface area contributed by atoms with Gasteiger partial charge in [0.15, 0.2) is 0 Å². The molecule has 0 aromatic heterocycles. The van der Waals surface area contributed by atoms with Gasteiger partial charge in [-0.2, -0.15) is 0 Å². The van der Waals surface area contributed by atoms with Gasteiger partial charge in [-0.05, 0) is 42.9 Å². The van der Waals surface area contributed by atoms with E-state index in [1.54, 1.807) is 0 Å². The van der Waals surface area contributed by atoms with Crippen LogP contribution in [0.25, 0.3) is 0 Å². The van der Waals surface area contributed by atoms with Crippen LogP contribution < -0.4 is 10.6 Å². The first kappa shape index (κ1) is 15.8. The first-order valence-corrected chi connectivity index (χ1v) is 9.94. The van der Waals surface area contributed by atoms with Crippen LogP contribution in [0.3, 0.4) is 0 Å². The number of rotatable bonds is 4. The predicted molar refractivity (Wildman–Crippen MR) is 97.6 cm³/mol. The minimum atomic E-state index is -0.0987. The van der Waals surface area contributed by atoms with E-state index < -0.39 is 0 Å². The van der Waals surface area contributed by atoms with Crippen LogP contribution in [0.4, 0.5) is 10.5 Å². The van der Waals surface area contributed by atoms with Gasteiger partial charge in [0.1, 0.15) is 0 Å². The van der Waals surface area contributed by atoms with Crippen molar-refractivity contribution in [1.82, 2.24) is 5.32 Å². The Kier molecular flexibility index (Phi) is 5.73. The van der Waals surface area contributed by atoms with E-state index in [4.69, 9.17) is 0 Å². The molecule has 2 amide bonds. The smallest absolute Gasteiger partial charge is 0.319 e. The Balaban J connectivity index is 1.50. The second-order valence-electron chi connectivity index (χ2n) is 5.68. The van der Waals surface area contributed by atoms with Crippen LogP contribution in [-0.2, 0) is 0 Å². The zero-order valence-corrected chi connectivity index (χ0v) is 14.2. The topological polar surface area (TPSA) is 41.1 Å². The lowest BCUT2D eigenvalue weighted by molar-refractivity contribution is 0.249. The van der Waals surface area contributed by atoms with E-state index in [1.165, 1.54) is 23.5 Å². The predicted octanol–water partition coefficient (Wildman–Crippen LogP) is 4.64. The first-order chi connectivity index (χ1) is 10.8. The molecule has 1 saturated heterocycles. The number of benzene rings is 1. The van der Waals surface area contributed by atoms with Gasteiger partial charge >= 0.3 is 6.03 Å². The fourth-order valence-electron chi connectivity index (χ4n) is 2.77. The summed E-state index contributed by atoms with van der Waals surface area (Å²) in [6, 6.07) is 8.12. The SMILES string of the molecule is O=C(NCC1CC=CCC1)Nc1cccc(C2SCCS2)c1. The molecule has 1 aliphatic heterocycles. The molecule has 0 spiro atoms. The second-order valence-corrected chi connectivity index (χ2v) is 8.41. The van der Waals surface area contributed by atoms with Crippen LogP contribution >= 0.6 is 23.5 Å². The maximum atomic E-state index is 12.0. The highest BCUT2D eigenvalue weighted by atomic mass is 32.2. The van der Waals surface area contributed by atoms with Crippen molar-refractivity contribution < 1.29 is 4.79 Å². The number of hydrogen-bond acceptors (Lipinski definition) is 3. The third-order valence-corrected chi connectivity index (χ3v) is 7.07. The maximum absolute atomic E-state index is 12.0. The van der Waals surface area contributed by atoms with Gasteiger partial charge < -0.3 is 10.6 Å². The number of allylic oxidation sites excluding steroid dienone is 2. The Morgan fingerprint density at radius 3 is 2.86 bits per heavy atom. The van der Waals surface area contributed by atoms with E-state index in [2.05, 4.69) is 34.9 Å².